The summed E-state index contributed by atoms with van der Waals surface area (Å²) in [7, 11) is 4.42. The van der Waals surface area contributed by atoms with Crippen LogP contribution in [0.3, 0.4) is 0 Å². The molecule has 0 aliphatic carbocycles. The van der Waals surface area contributed by atoms with Crippen LogP contribution in [0.4, 0.5) is 4.39 Å². The predicted octanol–water partition coefficient (Wildman–Crippen LogP) is 1.91. The first kappa shape index (κ1) is 14.8. The Morgan fingerprint density at radius 2 is 1.76 bits per heavy atom. The maximum absolute atomic E-state index is 13.4. The molecule has 1 aromatic heterocycles. The molecule has 0 spiro atoms. The van der Waals surface area contributed by atoms with E-state index in [4.69, 9.17) is 14.2 Å². The molecule has 7 heteroatoms. The summed E-state index contributed by atoms with van der Waals surface area (Å²) in [4.78, 5) is 18.0. The first-order valence-electron chi connectivity index (χ1n) is 6.09. The maximum atomic E-state index is 13.4. The molecule has 0 saturated carbocycles. The second kappa shape index (κ2) is 5.82. The molecule has 0 amide bonds. The van der Waals surface area contributed by atoms with E-state index in [9.17, 15) is 9.18 Å². The summed E-state index contributed by atoms with van der Waals surface area (Å²) >= 11 is 0. The molecule has 0 atom stereocenters. The summed E-state index contributed by atoms with van der Waals surface area (Å²) in [6, 6.07) is 3.30. The number of H-pyrrole nitrogens is 1. The van der Waals surface area contributed by atoms with Gasteiger partial charge >= 0.3 is 0 Å². The Morgan fingerprint density at radius 3 is 2.29 bits per heavy atom. The van der Waals surface area contributed by atoms with Gasteiger partial charge in [0.1, 0.15) is 5.82 Å². The third kappa shape index (κ3) is 2.54. The fourth-order valence-corrected chi connectivity index (χ4v) is 1.99. The molecule has 0 bridgehead atoms. The van der Waals surface area contributed by atoms with Crippen LogP contribution < -0.4 is 19.8 Å². The average molecular weight is 294 g/mol. The smallest absolute Gasteiger partial charge is 0.287 e. The highest BCUT2D eigenvalue weighted by atomic mass is 19.1. The van der Waals surface area contributed by atoms with Gasteiger partial charge in [0.05, 0.1) is 32.6 Å². The van der Waals surface area contributed by atoms with E-state index in [0.717, 1.165) is 0 Å². The molecule has 1 aromatic carbocycles. The van der Waals surface area contributed by atoms with Crippen LogP contribution in [0.15, 0.2) is 16.9 Å². The van der Waals surface area contributed by atoms with Crippen molar-refractivity contribution in [1.82, 2.24) is 9.97 Å². The minimum absolute atomic E-state index is 0.00517. The van der Waals surface area contributed by atoms with Gasteiger partial charge in [0.15, 0.2) is 11.5 Å². The molecule has 1 heterocycles. The molecule has 0 aliphatic heterocycles. The topological polar surface area (TPSA) is 73.4 Å². The molecule has 0 aliphatic rings. The van der Waals surface area contributed by atoms with E-state index in [-0.39, 0.29) is 11.5 Å². The molecule has 0 saturated heterocycles. The van der Waals surface area contributed by atoms with E-state index in [0.29, 0.717) is 22.8 Å². The largest absolute Gasteiger partial charge is 0.493 e. The summed E-state index contributed by atoms with van der Waals surface area (Å²) in [6.45, 7) is 1.42. The van der Waals surface area contributed by atoms with E-state index in [1.54, 1.807) is 12.1 Å². The van der Waals surface area contributed by atoms with E-state index < -0.39 is 11.4 Å². The van der Waals surface area contributed by atoms with Gasteiger partial charge in [-0.1, -0.05) is 0 Å². The van der Waals surface area contributed by atoms with Crippen LogP contribution >= 0.6 is 0 Å². The lowest BCUT2D eigenvalue weighted by atomic mass is 10.1. The minimum Gasteiger partial charge on any atom is -0.493 e. The molecule has 112 valence electrons. The van der Waals surface area contributed by atoms with Gasteiger partial charge < -0.3 is 19.2 Å². The first-order chi connectivity index (χ1) is 10.0. The lowest BCUT2D eigenvalue weighted by Crippen LogP contribution is -2.15. The predicted molar refractivity (Wildman–Crippen MR) is 74.6 cm³/mol. The van der Waals surface area contributed by atoms with Gasteiger partial charge in [0.2, 0.25) is 11.6 Å². The Morgan fingerprint density at radius 1 is 1.10 bits per heavy atom. The standard InChI is InChI=1S/C14H15FN2O4/c1-7-10(15)14(18)17-13(16-7)8-5-6-9(19-2)12(21-4)11(8)20-3/h5-6H,1-4H3,(H,16,17,18). The van der Waals surface area contributed by atoms with E-state index >= 15 is 0 Å². The average Bonchev–Trinajstić information content (AvgIpc) is 2.50. The molecule has 1 N–H and O–H groups in total. The van der Waals surface area contributed by atoms with Crippen molar-refractivity contribution in [2.75, 3.05) is 21.3 Å². The van der Waals surface area contributed by atoms with Crippen LogP contribution in [-0.4, -0.2) is 31.3 Å². The number of methoxy groups -OCH3 is 3. The molecule has 21 heavy (non-hydrogen) atoms. The van der Waals surface area contributed by atoms with Gasteiger partial charge in [0.25, 0.3) is 5.56 Å². The lowest BCUT2D eigenvalue weighted by Gasteiger charge is -2.15. The summed E-state index contributed by atoms with van der Waals surface area (Å²) < 4.78 is 29.1. The number of benzene rings is 1. The number of hydrogen-bond donors (Lipinski definition) is 1. The monoisotopic (exact) mass is 294 g/mol. The molecule has 0 fully saturated rings. The fraction of sp³-hybridized carbons (Fsp3) is 0.286. The molecular weight excluding hydrogens is 279 g/mol. The number of aryl methyl sites for hydroxylation is 1. The SMILES string of the molecule is COc1ccc(-c2nc(C)c(F)c(=O)[nH]2)c(OC)c1OC. The van der Waals surface area contributed by atoms with Crippen molar-refractivity contribution >= 4 is 0 Å². The zero-order valence-corrected chi connectivity index (χ0v) is 12.1. The number of rotatable bonds is 4. The molecule has 0 unspecified atom stereocenters. The number of ether oxygens (including phenoxy) is 3. The minimum atomic E-state index is -0.904. The fourth-order valence-electron chi connectivity index (χ4n) is 1.99. The van der Waals surface area contributed by atoms with Crippen LogP contribution in [0, 0.1) is 12.7 Å². The van der Waals surface area contributed by atoms with Gasteiger partial charge in [-0.2, -0.15) is 4.39 Å². The van der Waals surface area contributed by atoms with E-state index in [1.807, 2.05) is 0 Å². The van der Waals surface area contributed by atoms with Crippen molar-refractivity contribution in [2.45, 2.75) is 6.92 Å². The molecule has 0 radical (unpaired) electrons. The summed E-state index contributed by atoms with van der Waals surface area (Å²) in [6.07, 6.45) is 0. The normalized spacial score (nSPS) is 10.3. The number of nitrogens with one attached hydrogen (secondary N) is 1. The van der Waals surface area contributed by atoms with Crippen LogP contribution in [0.25, 0.3) is 11.4 Å². The molecule has 2 rings (SSSR count). The van der Waals surface area contributed by atoms with Crippen molar-refractivity contribution in [2.24, 2.45) is 0 Å². The summed E-state index contributed by atoms with van der Waals surface area (Å²) in [5.74, 6) is 0.460. The first-order valence-corrected chi connectivity index (χ1v) is 6.09. The third-order valence-corrected chi connectivity index (χ3v) is 2.99. The molecule has 2 aromatic rings. The van der Waals surface area contributed by atoms with Crippen LogP contribution in [0.1, 0.15) is 5.69 Å². The number of hydrogen-bond acceptors (Lipinski definition) is 5. The van der Waals surface area contributed by atoms with Crippen molar-refractivity contribution < 1.29 is 18.6 Å². The van der Waals surface area contributed by atoms with Gasteiger partial charge in [-0.15, -0.1) is 0 Å². The quantitative estimate of drug-likeness (QED) is 0.932. The summed E-state index contributed by atoms with van der Waals surface area (Å²) in [5, 5.41) is 0. The van der Waals surface area contributed by atoms with E-state index in [1.165, 1.54) is 28.3 Å². The van der Waals surface area contributed by atoms with Crippen LogP contribution in [-0.2, 0) is 0 Å². The van der Waals surface area contributed by atoms with Crippen molar-refractivity contribution in [3.63, 3.8) is 0 Å². The highest BCUT2D eigenvalue weighted by Crippen LogP contribution is 2.43. The lowest BCUT2D eigenvalue weighted by molar-refractivity contribution is 0.325. The Labute approximate surface area is 120 Å². The Balaban J connectivity index is 2.72. The molecular formula is C14H15FN2O4. The van der Waals surface area contributed by atoms with Crippen LogP contribution in [0.5, 0.6) is 17.2 Å². The van der Waals surface area contributed by atoms with Gasteiger partial charge in [-0.3, -0.25) is 4.79 Å². The van der Waals surface area contributed by atoms with E-state index in [2.05, 4.69) is 9.97 Å². The number of nitrogens with zero attached hydrogens (tertiary/aromatic N) is 1. The Hall–Kier alpha value is -2.57. The van der Waals surface area contributed by atoms with Crippen LogP contribution in [0.2, 0.25) is 0 Å². The highest BCUT2D eigenvalue weighted by molar-refractivity contribution is 5.72. The zero-order chi connectivity index (χ0) is 15.6. The maximum Gasteiger partial charge on any atom is 0.287 e. The number of aromatic amines is 1. The van der Waals surface area contributed by atoms with Crippen molar-refractivity contribution in [1.29, 1.82) is 0 Å². The number of halogens is 1. The Bertz CT molecular complexity index is 728. The highest BCUT2D eigenvalue weighted by Gasteiger charge is 2.19. The van der Waals surface area contributed by atoms with Crippen molar-refractivity contribution in [3.8, 4) is 28.6 Å². The zero-order valence-electron chi connectivity index (χ0n) is 12.1. The summed E-state index contributed by atoms with van der Waals surface area (Å²) in [5.41, 5.74) is -0.365. The van der Waals surface area contributed by atoms with Crippen molar-refractivity contribution in [3.05, 3.63) is 34.0 Å². The number of aromatic nitrogens is 2. The van der Waals surface area contributed by atoms with Gasteiger partial charge in [-0.05, 0) is 19.1 Å². The van der Waals surface area contributed by atoms with Gasteiger partial charge in [0, 0.05) is 0 Å². The van der Waals surface area contributed by atoms with Gasteiger partial charge in [-0.25, -0.2) is 4.98 Å². The molecule has 6 nitrogen and oxygen atoms in total. The second-order valence-electron chi connectivity index (χ2n) is 4.20. The Kier molecular flexibility index (Phi) is 4.11. The second-order valence-corrected chi connectivity index (χ2v) is 4.20. The third-order valence-electron chi connectivity index (χ3n) is 2.99.